The second-order valence-electron chi connectivity index (χ2n) is 7.95. The number of methoxy groups -OCH3 is 1. The number of nitrogens with one attached hydrogen (secondary N) is 2. The molecule has 0 spiro atoms. The number of allylic oxidation sites excluding steroid dienone is 2. The van der Waals surface area contributed by atoms with Crippen molar-refractivity contribution in [2.75, 3.05) is 42.3 Å². The molecule has 4 heterocycles. The summed E-state index contributed by atoms with van der Waals surface area (Å²) in [7, 11) is 1.64. The molecule has 2 aliphatic rings. The first kappa shape index (κ1) is 21.0. The summed E-state index contributed by atoms with van der Waals surface area (Å²) in [5.74, 6) is 2.68. The van der Waals surface area contributed by atoms with E-state index in [2.05, 4.69) is 50.9 Å². The molecule has 2 aliphatic heterocycles. The van der Waals surface area contributed by atoms with Gasteiger partial charge >= 0.3 is 0 Å². The molecule has 2 N–H and O–H groups in total. The molecule has 0 bridgehead atoms. The number of pyridine rings is 1. The number of fused-ring (bicyclic) bond motifs is 1. The van der Waals surface area contributed by atoms with Crippen molar-refractivity contribution >= 4 is 17.5 Å². The van der Waals surface area contributed by atoms with E-state index in [1.165, 1.54) is 5.57 Å². The molecule has 8 heteroatoms. The lowest BCUT2D eigenvalue weighted by Gasteiger charge is -2.34. The van der Waals surface area contributed by atoms with Crippen molar-refractivity contribution < 1.29 is 9.47 Å². The maximum atomic E-state index is 5.87. The second kappa shape index (κ2) is 9.24. The lowest BCUT2D eigenvalue weighted by molar-refractivity contribution is 0.294. The van der Waals surface area contributed by atoms with Gasteiger partial charge in [0.1, 0.15) is 6.61 Å². The van der Waals surface area contributed by atoms with Gasteiger partial charge in [-0.25, -0.2) is 9.97 Å². The number of aromatic nitrogens is 3. The molecule has 2 aromatic heterocycles. The van der Waals surface area contributed by atoms with Crippen LogP contribution < -0.4 is 25.0 Å². The van der Waals surface area contributed by atoms with Crippen LogP contribution in [-0.2, 0) is 0 Å². The van der Waals surface area contributed by atoms with Crippen molar-refractivity contribution in [2.45, 2.75) is 38.8 Å². The normalized spacial score (nSPS) is 19.5. The minimum absolute atomic E-state index is 0.0776. The zero-order valence-corrected chi connectivity index (χ0v) is 18.4. The SMILES string of the molecule is C=C/C(C)=C(\C)C1COc2cnc(NC3CCN(c4ccnc(OC)c4)CC3)nc2N1. The average Bonchev–Trinajstić information content (AvgIpc) is 2.83. The highest BCUT2D eigenvalue weighted by atomic mass is 16.5. The standard InChI is InChI=1S/C23H30N6O2/c1-5-15(2)16(3)19-14-31-20-13-25-23(28-22(20)27-19)26-17-7-10-29(11-8-17)18-6-9-24-21(12-18)30-4/h5-6,9,12-13,17,19H,1,7-8,10-11,14H2,2-4H3,(H2,25,26,27,28)/b16-15+. The van der Waals surface area contributed by atoms with Gasteiger partial charge < -0.3 is 25.0 Å². The first-order valence-corrected chi connectivity index (χ1v) is 10.6. The predicted molar refractivity (Wildman–Crippen MR) is 123 cm³/mol. The predicted octanol–water partition coefficient (Wildman–Crippen LogP) is 3.66. The molecule has 0 aliphatic carbocycles. The van der Waals surface area contributed by atoms with Gasteiger partial charge in [0.15, 0.2) is 11.6 Å². The fourth-order valence-electron chi connectivity index (χ4n) is 3.87. The van der Waals surface area contributed by atoms with E-state index in [4.69, 9.17) is 9.47 Å². The molecule has 1 fully saturated rings. The molecule has 0 amide bonds. The zero-order chi connectivity index (χ0) is 21.8. The Morgan fingerprint density at radius 2 is 2.13 bits per heavy atom. The van der Waals surface area contributed by atoms with Crippen LogP contribution in [0, 0.1) is 0 Å². The Bertz CT molecular complexity index is 968. The Hall–Kier alpha value is -3.29. The van der Waals surface area contributed by atoms with Crippen LogP contribution in [0.25, 0.3) is 0 Å². The van der Waals surface area contributed by atoms with Crippen LogP contribution >= 0.6 is 0 Å². The van der Waals surface area contributed by atoms with Crippen molar-refractivity contribution in [1.29, 1.82) is 0 Å². The fraction of sp³-hybridized carbons (Fsp3) is 0.435. The number of rotatable bonds is 6. The third-order valence-electron chi connectivity index (χ3n) is 6.04. The smallest absolute Gasteiger partial charge is 0.225 e. The second-order valence-corrected chi connectivity index (χ2v) is 7.95. The van der Waals surface area contributed by atoms with Gasteiger partial charge in [-0.1, -0.05) is 18.2 Å². The van der Waals surface area contributed by atoms with Gasteiger partial charge in [0.05, 0.1) is 19.3 Å². The van der Waals surface area contributed by atoms with Gasteiger partial charge in [0.2, 0.25) is 11.8 Å². The molecular weight excluding hydrogens is 392 g/mol. The number of nitrogens with zero attached hydrogens (tertiary/aromatic N) is 4. The molecule has 0 saturated carbocycles. The highest BCUT2D eigenvalue weighted by molar-refractivity contribution is 5.56. The van der Waals surface area contributed by atoms with Gasteiger partial charge in [0, 0.05) is 37.1 Å². The third-order valence-corrected chi connectivity index (χ3v) is 6.04. The topological polar surface area (TPSA) is 84.4 Å². The molecular formula is C23H30N6O2. The molecule has 1 saturated heterocycles. The summed E-state index contributed by atoms with van der Waals surface area (Å²) in [6.45, 7) is 10.5. The first-order valence-electron chi connectivity index (χ1n) is 10.6. The molecule has 0 radical (unpaired) electrons. The summed E-state index contributed by atoms with van der Waals surface area (Å²) in [6.07, 6.45) is 7.39. The maximum absolute atomic E-state index is 5.87. The van der Waals surface area contributed by atoms with Gasteiger partial charge in [-0.2, -0.15) is 4.98 Å². The molecule has 164 valence electrons. The van der Waals surface area contributed by atoms with Crippen LogP contribution in [0.2, 0.25) is 0 Å². The zero-order valence-electron chi connectivity index (χ0n) is 18.4. The van der Waals surface area contributed by atoms with Crippen LogP contribution in [0.4, 0.5) is 17.5 Å². The lowest BCUT2D eigenvalue weighted by atomic mass is 10.0. The summed E-state index contributed by atoms with van der Waals surface area (Å²) in [6, 6.07) is 4.40. The largest absolute Gasteiger partial charge is 0.486 e. The average molecular weight is 423 g/mol. The van der Waals surface area contributed by atoms with E-state index in [1.54, 1.807) is 19.5 Å². The van der Waals surface area contributed by atoms with E-state index >= 15 is 0 Å². The van der Waals surface area contributed by atoms with Crippen molar-refractivity contribution in [2.24, 2.45) is 0 Å². The number of ether oxygens (including phenoxy) is 2. The number of hydrogen-bond donors (Lipinski definition) is 2. The Kier molecular flexibility index (Phi) is 6.25. The van der Waals surface area contributed by atoms with E-state index in [-0.39, 0.29) is 6.04 Å². The first-order chi connectivity index (χ1) is 15.1. The number of anilines is 3. The van der Waals surface area contributed by atoms with Gasteiger partial charge in [-0.15, -0.1) is 0 Å². The van der Waals surface area contributed by atoms with Crippen molar-refractivity contribution in [3.63, 3.8) is 0 Å². The highest BCUT2D eigenvalue weighted by Gasteiger charge is 2.24. The molecule has 31 heavy (non-hydrogen) atoms. The van der Waals surface area contributed by atoms with Gasteiger partial charge in [-0.05, 0) is 38.3 Å². The monoisotopic (exact) mass is 422 g/mol. The molecule has 1 unspecified atom stereocenters. The summed E-state index contributed by atoms with van der Waals surface area (Å²) < 4.78 is 11.1. The van der Waals surface area contributed by atoms with Gasteiger partial charge in [0.25, 0.3) is 0 Å². The molecule has 0 aromatic carbocycles. The minimum Gasteiger partial charge on any atom is -0.486 e. The number of piperidine rings is 1. The highest BCUT2D eigenvalue weighted by Crippen LogP contribution is 2.30. The molecule has 1 atom stereocenters. The van der Waals surface area contributed by atoms with Crippen LogP contribution in [0.5, 0.6) is 11.6 Å². The summed E-state index contributed by atoms with van der Waals surface area (Å²) in [4.78, 5) is 15.7. The van der Waals surface area contributed by atoms with Crippen molar-refractivity contribution in [1.82, 2.24) is 15.0 Å². The van der Waals surface area contributed by atoms with Crippen molar-refractivity contribution in [3.8, 4) is 11.6 Å². The van der Waals surface area contributed by atoms with Gasteiger partial charge in [-0.3, -0.25) is 0 Å². The Morgan fingerprint density at radius 3 is 2.87 bits per heavy atom. The van der Waals surface area contributed by atoms with E-state index in [1.807, 2.05) is 18.2 Å². The minimum atomic E-state index is 0.0776. The lowest BCUT2D eigenvalue weighted by Crippen LogP contribution is -2.39. The molecule has 4 rings (SSSR count). The van der Waals surface area contributed by atoms with Crippen LogP contribution in [-0.4, -0.2) is 53.8 Å². The Balaban J connectivity index is 1.37. The van der Waals surface area contributed by atoms with Crippen LogP contribution in [0.1, 0.15) is 26.7 Å². The van der Waals surface area contributed by atoms with E-state index < -0.39 is 0 Å². The Labute approximate surface area is 183 Å². The van der Waals surface area contributed by atoms with Crippen LogP contribution in [0.3, 0.4) is 0 Å². The molecule has 8 nitrogen and oxygen atoms in total. The summed E-state index contributed by atoms with van der Waals surface area (Å²) in [5.41, 5.74) is 3.49. The Morgan fingerprint density at radius 1 is 1.32 bits per heavy atom. The fourth-order valence-corrected chi connectivity index (χ4v) is 3.87. The van der Waals surface area contributed by atoms with E-state index in [9.17, 15) is 0 Å². The summed E-state index contributed by atoms with van der Waals surface area (Å²) in [5, 5.41) is 6.98. The maximum Gasteiger partial charge on any atom is 0.225 e. The third kappa shape index (κ3) is 4.73. The summed E-state index contributed by atoms with van der Waals surface area (Å²) >= 11 is 0. The van der Waals surface area contributed by atoms with Crippen LogP contribution in [0.15, 0.2) is 48.3 Å². The van der Waals surface area contributed by atoms with Crippen molar-refractivity contribution in [3.05, 3.63) is 48.3 Å². The number of hydrogen-bond acceptors (Lipinski definition) is 8. The van der Waals surface area contributed by atoms with E-state index in [0.29, 0.717) is 30.2 Å². The van der Waals surface area contributed by atoms with E-state index in [0.717, 1.165) is 43.0 Å². The molecule has 2 aromatic rings. The quantitative estimate of drug-likeness (QED) is 0.683.